The maximum atomic E-state index is 12.9. The molecule has 3 nitrogen and oxygen atoms in total. The molecule has 0 fully saturated rings. The van der Waals surface area contributed by atoms with Gasteiger partial charge in [-0.25, -0.2) is 4.98 Å². The average Bonchev–Trinajstić information content (AvgIpc) is 2.53. The number of benzene rings is 2. The van der Waals surface area contributed by atoms with Crippen molar-refractivity contribution in [2.75, 3.05) is 5.75 Å². The summed E-state index contributed by atoms with van der Waals surface area (Å²) in [6.07, 6.45) is 1.02. The third kappa shape index (κ3) is 2.89. The Bertz CT molecular complexity index is 876. The third-order valence-electron chi connectivity index (χ3n) is 3.25. The van der Waals surface area contributed by atoms with Crippen LogP contribution in [-0.2, 0) is 0 Å². The van der Waals surface area contributed by atoms with E-state index in [9.17, 15) is 4.79 Å². The van der Waals surface area contributed by atoms with Crippen molar-refractivity contribution in [1.29, 1.82) is 0 Å². The fraction of sp³-hybridized carbons (Fsp3) is 0.176. The standard InChI is InChI=1S/C17H15ClN2OS/c1-2-10-22-17-19-15-9-4-3-8-14(15)16(21)20(17)13-7-5-6-12(18)11-13/h3-9,11H,2,10H2,1H3. The van der Waals surface area contributed by atoms with Gasteiger partial charge in [-0.05, 0) is 36.8 Å². The lowest BCUT2D eigenvalue weighted by Gasteiger charge is -2.13. The predicted molar refractivity (Wildman–Crippen MR) is 93.4 cm³/mol. The lowest BCUT2D eigenvalue weighted by molar-refractivity contribution is 0.819. The number of thioether (sulfide) groups is 1. The van der Waals surface area contributed by atoms with Crippen LogP contribution in [0.2, 0.25) is 5.02 Å². The molecule has 0 aliphatic carbocycles. The number of halogens is 1. The Balaban J connectivity index is 2.29. The summed E-state index contributed by atoms with van der Waals surface area (Å²) in [5.74, 6) is 0.908. The number of hydrogen-bond acceptors (Lipinski definition) is 3. The molecule has 0 amide bonds. The zero-order valence-electron chi connectivity index (χ0n) is 12.1. The van der Waals surface area contributed by atoms with E-state index in [1.54, 1.807) is 34.5 Å². The van der Waals surface area contributed by atoms with E-state index in [2.05, 4.69) is 11.9 Å². The smallest absolute Gasteiger partial charge is 0.266 e. The van der Waals surface area contributed by atoms with Crippen LogP contribution < -0.4 is 5.56 Å². The molecule has 2 aromatic carbocycles. The Morgan fingerprint density at radius 1 is 1.18 bits per heavy atom. The van der Waals surface area contributed by atoms with Crippen LogP contribution in [0, 0.1) is 0 Å². The van der Waals surface area contributed by atoms with Crippen molar-refractivity contribution in [1.82, 2.24) is 9.55 Å². The van der Waals surface area contributed by atoms with E-state index in [1.807, 2.05) is 30.3 Å². The quantitative estimate of drug-likeness (QED) is 0.520. The molecule has 0 unspecified atom stereocenters. The SMILES string of the molecule is CCCSc1nc2ccccc2c(=O)n1-c1cccc(Cl)c1. The van der Waals surface area contributed by atoms with Crippen LogP contribution in [0.25, 0.3) is 16.6 Å². The molecule has 0 saturated carbocycles. The molecular formula is C17H15ClN2OS. The zero-order valence-corrected chi connectivity index (χ0v) is 13.7. The first-order valence-electron chi connectivity index (χ1n) is 7.11. The highest BCUT2D eigenvalue weighted by atomic mass is 35.5. The van der Waals surface area contributed by atoms with Gasteiger partial charge in [0.2, 0.25) is 0 Å². The number of rotatable bonds is 4. The van der Waals surface area contributed by atoms with Crippen molar-refractivity contribution >= 4 is 34.3 Å². The number of fused-ring (bicyclic) bond motifs is 1. The predicted octanol–water partition coefficient (Wildman–Crippen LogP) is 4.54. The summed E-state index contributed by atoms with van der Waals surface area (Å²) < 4.78 is 1.65. The van der Waals surface area contributed by atoms with E-state index in [-0.39, 0.29) is 5.56 Å². The Kier molecular flexibility index (Phi) is 4.50. The van der Waals surface area contributed by atoms with Gasteiger partial charge in [0.25, 0.3) is 5.56 Å². The Morgan fingerprint density at radius 3 is 2.77 bits per heavy atom. The van der Waals surface area contributed by atoms with Crippen molar-refractivity contribution < 1.29 is 0 Å². The molecule has 0 atom stereocenters. The molecule has 0 saturated heterocycles. The van der Waals surface area contributed by atoms with Crippen LogP contribution in [0.3, 0.4) is 0 Å². The van der Waals surface area contributed by atoms with Gasteiger partial charge in [0, 0.05) is 10.8 Å². The molecule has 1 heterocycles. The molecule has 3 aromatic rings. The number of nitrogens with zero attached hydrogens (tertiary/aromatic N) is 2. The lowest BCUT2D eigenvalue weighted by atomic mass is 10.2. The summed E-state index contributed by atoms with van der Waals surface area (Å²) in [5, 5.41) is 1.92. The highest BCUT2D eigenvalue weighted by Crippen LogP contribution is 2.23. The van der Waals surface area contributed by atoms with Gasteiger partial charge in [-0.2, -0.15) is 0 Å². The Labute approximate surface area is 138 Å². The lowest BCUT2D eigenvalue weighted by Crippen LogP contribution is -2.21. The van der Waals surface area contributed by atoms with Gasteiger partial charge in [-0.1, -0.05) is 48.5 Å². The first-order valence-corrected chi connectivity index (χ1v) is 8.47. The zero-order chi connectivity index (χ0) is 15.5. The molecule has 0 radical (unpaired) electrons. The number of aromatic nitrogens is 2. The van der Waals surface area contributed by atoms with Crippen LogP contribution >= 0.6 is 23.4 Å². The Morgan fingerprint density at radius 2 is 2.00 bits per heavy atom. The van der Waals surface area contributed by atoms with Crippen LogP contribution in [0.1, 0.15) is 13.3 Å². The second-order valence-electron chi connectivity index (χ2n) is 4.88. The molecule has 112 valence electrons. The van der Waals surface area contributed by atoms with E-state index in [0.717, 1.165) is 23.4 Å². The van der Waals surface area contributed by atoms with E-state index >= 15 is 0 Å². The molecule has 0 bridgehead atoms. The average molecular weight is 331 g/mol. The van der Waals surface area contributed by atoms with Crippen LogP contribution in [0.5, 0.6) is 0 Å². The van der Waals surface area contributed by atoms with Crippen molar-refractivity contribution in [2.45, 2.75) is 18.5 Å². The molecule has 0 spiro atoms. The third-order valence-corrected chi connectivity index (χ3v) is 4.63. The minimum atomic E-state index is -0.0635. The van der Waals surface area contributed by atoms with Gasteiger partial charge in [0.1, 0.15) is 0 Å². The van der Waals surface area contributed by atoms with Gasteiger partial charge in [0.15, 0.2) is 5.16 Å². The van der Waals surface area contributed by atoms with Crippen LogP contribution in [0.15, 0.2) is 58.5 Å². The van der Waals surface area contributed by atoms with Crippen molar-refractivity contribution in [3.05, 3.63) is 63.9 Å². The topological polar surface area (TPSA) is 34.9 Å². The fourth-order valence-corrected chi connectivity index (χ4v) is 3.30. The summed E-state index contributed by atoms with van der Waals surface area (Å²) in [7, 11) is 0. The molecular weight excluding hydrogens is 316 g/mol. The van der Waals surface area contributed by atoms with E-state index in [0.29, 0.717) is 15.6 Å². The second-order valence-corrected chi connectivity index (χ2v) is 6.38. The summed E-state index contributed by atoms with van der Waals surface area (Å²) in [6.45, 7) is 2.11. The first kappa shape index (κ1) is 15.1. The molecule has 0 N–H and O–H groups in total. The first-order chi connectivity index (χ1) is 10.7. The van der Waals surface area contributed by atoms with Crippen molar-refractivity contribution in [2.24, 2.45) is 0 Å². The van der Waals surface area contributed by atoms with Crippen molar-refractivity contribution in [3.63, 3.8) is 0 Å². The maximum Gasteiger partial charge on any atom is 0.266 e. The van der Waals surface area contributed by atoms with Crippen LogP contribution in [0.4, 0.5) is 0 Å². The van der Waals surface area contributed by atoms with Crippen molar-refractivity contribution in [3.8, 4) is 5.69 Å². The molecule has 22 heavy (non-hydrogen) atoms. The summed E-state index contributed by atoms with van der Waals surface area (Å²) >= 11 is 7.66. The molecule has 3 rings (SSSR count). The number of hydrogen-bond donors (Lipinski definition) is 0. The van der Waals surface area contributed by atoms with Gasteiger partial charge >= 0.3 is 0 Å². The van der Waals surface area contributed by atoms with Gasteiger partial charge in [0.05, 0.1) is 16.6 Å². The number of para-hydroxylation sites is 1. The highest BCUT2D eigenvalue weighted by molar-refractivity contribution is 7.99. The highest BCUT2D eigenvalue weighted by Gasteiger charge is 2.13. The summed E-state index contributed by atoms with van der Waals surface area (Å²) in [6, 6.07) is 14.7. The minimum Gasteiger partial charge on any atom is -0.268 e. The van der Waals surface area contributed by atoms with E-state index in [4.69, 9.17) is 11.6 Å². The normalized spacial score (nSPS) is 11.0. The fourth-order valence-electron chi connectivity index (χ4n) is 2.25. The van der Waals surface area contributed by atoms with E-state index in [1.165, 1.54) is 0 Å². The minimum absolute atomic E-state index is 0.0635. The van der Waals surface area contributed by atoms with Crippen LogP contribution in [-0.4, -0.2) is 15.3 Å². The van der Waals surface area contributed by atoms with Gasteiger partial charge in [-0.3, -0.25) is 9.36 Å². The monoisotopic (exact) mass is 330 g/mol. The summed E-state index contributed by atoms with van der Waals surface area (Å²) in [5.41, 5.74) is 1.41. The molecule has 1 aromatic heterocycles. The largest absolute Gasteiger partial charge is 0.268 e. The van der Waals surface area contributed by atoms with Gasteiger partial charge in [-0.15, -0.1) is 0 Å². The Hall–Kier alpha value is -1.78. The molecule has 0 aliphatic heterocycles. The maximum absolute atomic E-state index is 12.9. The second kappa shape index (κ2) is 6.55. The molecule has 5 heteroatoms. The summed E-state index contributed by atoms with van der Waals surface area (Å²) in [4.78, 5) is 17.6. The van der Waals surface area contributed by atoms with Gasteiger partial charge < -0.3 is 0 Å². The molecule has 0 aliphatic rings. The van der Waals surface area contributed by atoms with E-state index < -0.39 is 0 Å².